The molecule has 1 aliphatic rings. The van der Waals surface area contributed by atoms with E-state index in [2.05, 4.69) is 26.8 Å². The summed E-state index contributed by atoms with van der Waals surface area (Å²) in [5.74, 6) is 1.92. The van der Waals surface area contributed by atoms with E-state index in [1.165, 1.54) is 11.0 Å². The van der Waals surface area contributed by atoms with Crippen molar-refractivity contribution in [2.45, 2.75) is 6.04 Å². The molecule has 1 aliphatic heterocycles. The van der Waals surface area contributed by atoms with Crippen LogP contribution in [0.15, 0.2) is 27.7 Å². The fourth-order valence-corrected chi connectivity index (χ4v) is 2.19. The molecule has 2 rings (SSSR count). The van der Waals surface area contributed by atoms with Crippen LogP contribution in [0.4, 0.5) is 9.18 Å². The molecule has 1 heterocycles. The Balaban J connectivity index is 2.48. The van der Waals surface area contributed by atoms with Crippen molar-refractivity contribution in [3.63, 3.8) is 0 Å². The summed E-state index contributed by atoms with van der Waals surface area (Å²) in [6.45, 7) is 0.0274. The summed E-state index contributed by atoms with van der Waals surface area (Å²) in [6, 6.07) is 3.13. The quantitative estimate of drug-likeness (QED) is 0.850. The van der Waals surface area contributed by atoms with Crippen LogP contribution in [0, 0.1) is 18.2 Å². The standard InChI is InChI=1S/C12H9BrFN3O/c1-2-5-17-10(11(15)16-12(17)18)8-6-7(13)3-4-9(8)14/h1,3-4,6,10H,5H2,(H2,15,16,18). The number of hydrogen-bond acceptors (Lipinski definition) is 2. The highest BCUT2D eigenvalue weighted by atomic mass is 79.9. The van der Waals surface area contributed by atoms with Gasteiger partial charge in [0.15, 0.2) is 0 Å². The number of halogens is 2. The lowest BCUT2D eigenvalue weighted by molar-refractivity contribution is 0.213. The van der Waals surface area contributed by atoms with Crippen molar-refractivity contribution in [2.24, 2.45) is 10.7 Å². The second kappa shape index (κ2) is 4.78. The maximum atomic E-state index is 13.8. The van der Waals surface area contributed by atoms with Crippen molar-refractivity contribution in [3.8, 4) is 12.3 Å². The van der Waals surface area contributed by atoms with E-state index in [1.54, 1.807) is 12.1 Å². The number of aliphatic imine (C=N–C) groups is 1. The molecule has 18 heavy (non-hydrogen) atoms. The molecule has 0 radical (unpaired) electrons. The van der Waals surface area contributed by atoms with Gasteiger partial charge in [-0.3, -0.25) is 4.90 Å². The smallest absolute Gasteiger partial charge is 0.346 e. The summed E-state index contributed by atoms with van der Waals surface area (Å²) < 4.78 is 14.5. The minimum Gasteiger partial charge on any atom is -0.385 e. The number of amidine groups is 1. The molecule has 4 nitrogen and oxygen atoms in total. The lowest BCUT2D eigenvalue weighted by Gasteiger charge is -2.22. The zero-order valence-corrected chi connectivity index (χ0v) is 10.8. The number of nitrogens with two attached hydrogens (primary N) is 1. The first kappa shape index (κ1) is 12.6. The molecule has 0 fully saturated rings. The molecular weight excluding hydrogens is 301 g/mol. The molecule has 0 aromatic heterocycles. The number of amides is 2. The van der Waals surface area contributed by atoms with Gasteiger partial charge in [-0.2, -0.15) is 4.99 Å². The molecule has 6 heteroatoms. The van der Waals surface area contributed by atoms with Crippen molar-refractivity contribution in [1.82, 2.24) is 4.90 Å². The molecule has 0 saturated heterocycles. The first-order valence-electron chi connectivity index (χ1n) is 5.07. The van der Waals surface area contributed by atoms with Gasteiger partial charge in [0.25, 0.3) is 0 Å². The van der Waals surface area contributed by atoms with Crippen LogP contribution in [0.3, 0.4) is 0 Å². The van der Waals surface area contributed by atoms with E-state index in [9.17, 15) is 9.18 Å². The van der Waals surface area contributed by atoms with Gasteiger partial charge >= 0.3 is 6.03 Å². The number of terminal acetylenes is 1. The minimum atomic E-state index is -0.744. The Morgan fingerprint density at radius 2 is 2.33 bits per heavy atom. The first-order chi connectivity index (χ1) is 8.54. The summed E-state index contributed by atoms with van der Waals surface area (Å²) in [4.78, 5) is 16.5. The van der Waals surface area contributed by atoms with Crippen molar-refractivity contribution >= 4 is 27.8 Å². The number of benzene rings is 1. The van der Waals surface area contributed by atoms with Crippen LogP contribution in [-0.2, 0) is 0 Å². The van der Waals surface area contributed by atoms with Crippen molar-refractivity contribution in [1.29, 1.82) is 0 Å². The Bertz CT molecular complexity index is 579. The highest BCUT2D eigenvalue weighted by molar-refractivity contribution is 9.10. The summed E-state index contributed by atoms with van der Waals surface area (Å²) in [7, 11) is 0. The van der Waals surface area contributed by atoms with E-state index in [0.29, 0.717) is 4.47 Å². The highest BCUT2D eigenvalue weighted by Crippen LogP contribution is 2.30. The van der Waals surface area contributed by atoms with Gasteiger partial charge in [0.05, 0.1) is 6.54 Å². The molecule has 2 N–H and O–H groups in total. The summed E-state index contributed by atoms with van der Waals surface area (Å²) >= 11 is 3.25. The third-order valence-electron chi connectivity index (χ3n) is 2.58. The van der Waals surface area contributed by atoms with Crippen LogP contribution in [0.2, 0.25) is 0 Å². The number of carbonyl (C=O) groups is 1. The van der Waals surface area contributed by atoms with Gasteiger partial charge in [-0.25, -0.2) is 9.18 Å². The topological polar surface area (TPSA) is 58.7 Å². The molecule has 1 unspecified atom stereocenters. The van der Waals surface area contributed by atoms with Gasteiger partial charge in [0, 0.05) is 10.0 Å². The van der Waals surface area contributed by atoms with Gasteiger partial charge in [0.2, 0.25) is 0 Å². The predicted octanol–water partition coefficient (Wildman–Crippen LogP) is 2.06. The van der Waals surface area contributed by atoms with E-state index < -0.39 is 17.9 Å². The molecule has 92 valence electrons. The largest absolute Gasteiger partial charge is 0.385 e. The lowest BCUT2D eigenvalue weighted by Crippen LogP contribution is -2.34. The lowest BCUT2D eigenvalue weighted by atomic mass is 10.0. The van der Waals surface area contributed by atoms with Gasteiger partial charge < -0.3 is 5.73 Å². The maximum Gasteiger partial charge on any atom is 0.346 e. The summed E-state index contributed by atoms with van der Waals surface area (Å²) in [6.07, 6.45) is 5.19. The number of urea groups is 1. The summed E-state index contributed by atoms with van der Waals surface area (Å²) in [5.41, 5.74) is 5.95. The minimum absolute atomic E-state index is 0.0274. The first-order valence-corrected chi connectivity index (χ1v) is 5.87. The van der Waals surface area contributed by atoms with Crippen LogP contribution in [0.5, 0.6) is 0 Å². The Hall–Kier alpha value is -1.87. The van der Waals surface area contributed by atoms with Gasteiger partial charge in [-0.15, -0.1) is 6.42 Å². The molecule has 1 atom stereocenters. The number of carbonyl (C=O) groups excluding carboxylic acids is 1. The van der Waals surface area contributed by atoms with Gasteiger partial charge in [-0.1, -0.05) is 21.9 Å². The van der Waals surface area contributed by atoms with Crippen LogP contribution < -0.4 is 5.73 Å². The second-order valence-corrected chi connectivity index (χ2v) is 4.64. The van der Waals surface area contributed by atoms with Crippen LogP contribution in [0.25, 0.3) is 0 Å². The molecule has 0 aliphatic carbocycles. The normalized spacial score (nSPS) is 18.7. The Morgan fingerprint density at radius 3 is 3.00 bits per heavy atom. The SMILES string of the molecule is C#CCN1C(=O)N=C(N)C1c1cc(Br)ccc1F. The maximum absolute atomic E-state index is 13.8. The average Bonchev–Trinajstić information content (AvgIpc) is 2.58. The third-order valence-corrected chi connectivity index (χ3v) is 3.07. The molecule has 2 amide bonds. The molecule has 0 saturated carbocycles. The Morgan fingerprint density at radius 1 is 1.61 bits per heavy atom. The molecular formula is C12H9BrFN3O. The van der Waals surface area contributed by atoms with Gasteiger partial charge in [0.1, 0.15) is 17.7 Å². The van der Waals surface area contributed by atoms with Crippen molar-refractivity contribution < 1.29 is 9.18 Å². The molecule has 0 spiro atoms. The predicted molar refractivity (Wildman–Crippen MR) is 69.4 cm³/mol. The third kappa shape index (κ3) is 2.09. The molecule has 1 aromatic carbocycles. The Kier molecular flexibility index (Phi) is 3.34. The monoisotopic (exact) mass is 309 g/mol. The van der Waals surface area contributed by atoms with E-state index >= 15 is 0 Å². The van der Waals surface area contributed by atoms with E-state index in [-0.39, 0.29) is 17.9 Å². The van der Waals surface area contributed by atoms with E-state index in [0.717, 1.165) is 0 Å². The number of hydrogen-bond donors (Lipinski definition) is 1. The van der Waals surface area contributed by atoms with Crippen LogP contribution >= 0.6 is 15.9 Å². The number of rotatable bonds is 2. The zero-order chi connectivity index (χ0) is 13.3. The van der Waals surface area contributed by atoms with Crippen molar-refractivity contribution in [3.05, 3.63) is 34.1 Å². The van der Waals surface area contributed by atoms with Crippen molar-refractivity contribution in [2.75, 3.05) is 6.54 Å². The van der Waals surface area contributed by atoms with E-state index in [4.69, 9.17) is 12.2 Å². The average molecular weight is 310 g/mol. The number of nitrogens with zero attached hydrogens (tertiary/aromatic N) is 2. The Labute approximate surface area is 112 Å². The summed E-state index contributed by atoms with van der Waals surface area (Å²) in [5, 5.41) is 0. The van der Waals surface area contributed by atoms with Crippen LogP contribution in [-0.4, -0.2) is 23.3 Å². The fraction of sp³-hybridized carbons (Fsp3) is 0.167. The highest BCUT2D eigenvalue weighted by Gasteiger charge is 2.35. The van der Waals surface area contributed by atoms with Crippen LogP contribution in [0.1, 0.15) is 11.6 Å². The second-order valence-electron chi connectivity index (χ2n) is 3.72. The molecule has 0 bridgehead atoms. The fourth-order valence-electron chi connectivity index (χ4n) is 1.81. The zero-order valence-electron chi connectivity index (χ0n) is 9.23. The molecule has 1 aromatic rings. The van der Waals surface area contributed by atoms with Gasteiger partial charge in [-0.05, 0) is 18.2 Å². The van der Waals surface area contributed by atoms with E-state index in [1.807, 2.05) is 0 Å².